The molecule has 1 atom stereocenters. The van der Waals surface area contributed by atoms with Crippen molar-refractivity contribution < 1.29 is 0 Å². The molecule has 2 fully saturated rings. The first-order chi connectivity index (χ1) is 9.61. The lowest BCUT2D eigenvalue weighted by molar-refractivity contribution is 0.194. The third kappa shape index (κ3) is 5.42. The molecule has 0 amide bonds. The van der Waals surface area contributed by atoms with Crippen LogP contribution >= 0.6 is 0 Å². The molecule has 1 saturated carbocycles. The highest BCUT2D eigenvalue weighted by molar-refractivity contribution is 4.91. The Bertz CT molecular complexity index is 322. The molecule has 1 unspecified atom stereocenters. The van der Waals surface area contributed by atoms with Crippen LogP contribution in [0.4, 0.5) is 0 Å². The van der Waals surface area contributed by atoms with E-state index in [2.05, 4.69) is 30.1 Å². The number of hydrogen-bond donors (Lipinski definition) is 1. The van der Waals surface area contributed by atoms with E-state index in [4.69, 9.17) is 5.26 Å². The molecule has 3 heteroatoms. The zero-order valence-electron chi connectivity index (χ0n) is 13.3. The SMILES string of the molecule is CC(C)(C#N)CCCCN(CC1CCCNC1)C1CC1. The van der Waals surface area contributed by atoms with Gasteiger partial charge >= 0.3 is 0 Å². The maximum atomic E-state index is 9.05. The number of piperidine rings is 1. The average molecular weight is 277 g/mol. The minimum Gasteiger partial charge on any atom is -0.316 e. The molecule has 1 aliphatic heterocycles. The fraction of sp³-hybridized carbons (Fsp3) is 0.941. The Morgan fingerprint density at radius 3 is 2.65 bits per heavy atom. The number of nitrogens with zero attached hydrogens (tertiary/aromatic N) is 2. The predicted molar refractivity (Wildman–Crippen MR) is 83.4 cm³/mol. The smallest absolute Gasteiger partial charge is 0.0683 e. The van der Waals surface area contributed by atoms with Crippen LogP contribution in [0.25, 0.3) is 0 Å². The molecule has 20 heavy (non-hydrogen) atoms. The van der Waals surface area contributed by atoms with Crippen molar-refractivity contribution in [3.63, 3.8) is 0 Å². The van der Waals surface area contributed by atoms with Crippen LogP contribution < -0.4 is 5.32 Å². The van der Waals surface area contributed by atoms with Gasteiger partial charge in [-0.2, -0.15) is 5.26 Å². The summed E-state index contributed by atoms with van der Waals surface area (Å²) in [5, 5.41) is 12.6. The standard InChI is InChI=1S/C17H31N3/c1-17(2,14-18)9-3-4-11-20(16-7-8-16)13-15-6-5-10-19-12-15/h15-16,19H,3-13H2,1-2H3. The minimum absolute atomic E-state index is 0.141. The summed E-state index contributed by atoms with van der Waals surface area (Å²) in [5.74, 6) is 0.861. The molecule has 0 spiro atoms. The molecule has 2 rings (SSSR count). The normalized spacial score (nSPS) is 23.8. The molecule has 0 radical (unpaired) electrons. The lowest BCUT2D eigenvalue weighted by atomic mass is 9.89. The van der Waals surface area contributed by atoms with Gasteiger partial charge in [0.1, 0.15) is 0 Å². The van der Waals surface area contributed by atoms with Crippen LogP contribution in [0.1, 0.15) is 58.8 Å². The summed E-state index contributed by atoms with van der Waals surface area (Å²) < 4.78 is 0. The molecule has 1 aliphatic carbocycles. The third-order valence-electron chi connectivity index (χ3n) is 4.75. The highest BCUT2D eigenvalue weighted by Gasteiger charge is 2.30. The number of unbranched alkanes of at least 4 members (excludes halogenated alkanes) is 1. The third-order valence-corrected chi connectivity index (χ3v) is 4.75. The van der Waals surface area contributed by atoms with Crippen molar-refractivity contribution in [2.75, 3.05) is 26.2 Å². The Labute approximate surface area is 124 Å². The number of nitriles is 1. The van der Waals surface area contributed by atoms with Crippen molar-refractivity contribution in [1.82, 2.24) is 10.2 Å². The van der Waals surface area contributed by atoms with Gasteiger partial charge in [0.15, 0.2) is 0 Å². The molecule has 2 aliphatic rings. The van der Waals surface area contributed by atoms with Crippen LogP contribution in [-0.2, 0) is 0 Å². The molecule has 1 N–H and O–H groups in total. The summed E-state index contributed by atoms with van der Waals surface area (Å²) in [4.78, 5) is 2.73. The largest absolute Gasteiger partial charge is 0.316 e. The molecular formula is C17H31N3. The van der Waals surface area contributed by atoms with E-state index in [1.807, 2.05) is 0 Å². The first-order valence-electron chi connectivity index (χ1n) is 8.47. The van der Waals surface area contributed by atoms with Gasteiger partial charge in [0.05, 0.1) is 11.5 Å². The van der Waals surface area contributed by atoms with Gasteiger partial charge < -0.3 is 10.2 Å². The Balaban J connectivity index is 1.66. The predicted octanol–water partition coefficient (Wildman–Crippen LogP) is 3.17. The van der Waals surface area contributed by atoms with E-state index in [9.17, 15) is 0 Å². The molecule has 0 aromatic carbocycles. The van der Waals surface area contributed by atoms with E-state index < -0.39 is 0 Å². The summed E-state index contributed by atoms with van der Waals surface area (Å²) >= 11 is 0. The molecule has 1 saturated heterocycles. The first kappa shape index (κ1) is 15.8. The van der Waals surface area contributed by atoms with Crippen molar-refractivity contribution >= 4 is 0 Å². The summed E-state index contributed by atoms with van der Waals surface area (Å²) in [7, 11) is 0. The number of rotatable bonds is 8. The van der Waals surface area contributed by atoms with E-state index in [1.165, 1.54) is 64.7 Å². The monoisotopic (exact) mass is 277 g/mol. The molecular weight excluding hydrogens is 246 g/mol. The highest BCUT2D eigenvalue weighted by Crippen LogP contribution is 2.29. The van der Waals surface area contributed by atoms with Crippen LogP contribution in [-0.4, -0.2) is 37.1 Å². The number of nitrogens with one attached hydrogen (secondary N) is 1. The molecule has 114 valence electrons. The van der Waals surface area contributed by atoms with Gasteiger partial charge in [-0.15, -0.1) is 0 Å². The molecule has 3 nitrogen and oxygen atoms in total. The molecule has 0 aromatic rings. The van der Waals surface area contributed by atoms with Crippen LogP contribution in [0.5, 0.6) is 0 Å². The minimum atomic E-state index is -0.141. The summed E-state index contributed by atoms with van der Waals surface area (Å²) in [6.45, 7) is 9.06. The maximum absolute atomic E-state index is 9.05. The second-order valence-electron chi connectivity index (χ2n) is 7.39. The molecule has 0 aromatic heterocycles. The topological polar surface area (TPSA) is 39.1 Å². The van der Waals surface area contributed by atoms with Gasteiger partial charge in [-0.1, -0.05) is 6.42 Å². The second-order valence-corrected chi connectivity index (χ2v) is 7.39. The fourth-order valence-electron chi connectivity index (χ4n) is 3.21. The van der Waals surface area contributed by atoms with Crippen molar-refractivity contribution in [2.45, 2.75) is 64.8 Å². The van der Waals surface area contributed by atoms with Crippen molar-refractivity contribution in [1.29, 1.82) is 5.26 Å². The fourth-order valence-corrected chi connectivity index (χ4v) is 3.21. The van der Waals surface area contributed by atoms with Crippen LogP contribution in [0, 0.1) is 22.7 Å². The van der Waals surface area contributed by atoms with Gasteiger partial charge in [-0.25, -0.2) is 0 Å². The van der Waals surface area contributed by atoms with E-state index >= 15 is 0 Å². The number of hydrogen-bond acceptors (Lipinski definition) is 3. The highest BCUT2D eigenvalue weighted by atomic mass is 15.2. The van der Waals surface area contributed by atoms with E-state index in [-0.39, 0.29) is 5.41 Å². The summed E-state index contributed by atoms with van der Waals surface area (Å²) in [5.41, 5.74) is -0.141. The van der Waals surface area contributed by atoms with Gasteiger partial charge in [0.2, 0.25) is 0 Å². The van der Waals surface area contributed by atoms with Crippen molar-refractivity contribution in [3.05, 3.63) is 0 Å². The second kappa shape index (κ2) is 7.43. The average Bonchev–Trinajstić information content (AvgIpc) is 3.28. The van der Waals surface area contributed by atoms with E-state index in [1.54, 1.807) is 0 Å². The lowest BCUT2D eigenvalue weighted by Gasteiger charge is -2.30. The lowest BCUT2D eigenvalue weighted by Crippen LogP contribution is -2.39. The molecule has 0 bridgehead atoms. The summed E-state index contributed by atoms with van der Waals surface area (Å²) in [6, 6.07) is 3.28. The quantitative estimate of drug-likeness (QED) is 0.693. The van der Waals surface area contributed by atoms with Gasteiger partial charge in [-0.05, 0) is 77.9 Å². The maximum Gasteiger partial charge on any atom is 0.0683 e. The van der Waals surface area contributed by atoms with Crippen molar-refractivity contribution in [2.24, 2.45) is 11.3 Å². The Morgan fingerprint density at radius 2 is 2.05 bits per heavy atom. The zero-order valence-corrected chi connectivity index (χ0v) is 13.3. The first-order valence-corrected chi connectivity index (χ1v) is 8.47. The van der Waals surface area contributed by atoms with Gasteiger partial charge in [0, 0.05) is 12.6 Å². The van der Waals surface area contributed by atoms with Crippen LogP contribution in [0.2, 0.25) is 0 Å². The van der Waals surface area contributed by atoms with E-state index in [0.717, 1.165) is 18.4 Å². The van der Waals surface area contributed by atoms with Gasteiger partial charge in [0.25, 0.3) is 0 Å². The molecule has 1 heterocycles. The zero-order chi connectivity index (χ0) is 14.4. The van der Waals surface area contributed by atoms with Crippen molar-refractivity contribution in [3.8, 4) is 6.07 Å². The Morgan fingerprint density at radius 1 is 1.25 bits per heavy atom. The van der Waals surface area contributed by atoms with E-state index in [0.29, 0.717) is 0 Å². The Kier molecular flexibility index (Phi) is 5.86. The van der Waals surface area contributed by atoms with Gasteiger partial charge in [-0.3, -0.25) is 0 Å². The Hall–Kier alpha value is -0.590. The van der Waals surface area contributed by atoms with Crippen LogP contribution in [0.3, 0.4) is 0 Å². The van der Waals surface area contributed by atoms with Crippen LogP contribution in [0.15, 0.2) is 0 Å². The summed E-state index contributed by atoms with van der Waals surface area (Å²) in [6.07, 6.45) is 9.03.